The molecule has 0 amide bonds. The molecule has 0 saturated heterocycles. The Morgan fingerprint density at radius 2 is 1.51 bits per heavy atom. The number of hydrogen-bond acceptors (Lipinski definition) is 7. The van der Waals surface area contributed by atoms with Crippen LogP contribution in [0.25, 0.3) is 0 Å². The van der Waals surface area contributed by atoms with Gasteiger partial charge in [0.2, 0.25) is 11.6 Å². The number of nitrogens with one attached hydrogen (secondary N) is 2. The van der Waals surface area contributed by atoms with Gasteiger partial charge in [0, 0.05) is 20.8 Å². The standard InChI is InChI=1S/C25H16Cl4N6O2/c1-13-8-17(18(11-30)14-2-4-15(26)5-3-14)19(28)10-22(13)34-25-23(35(36)37)24(31-12-32-25)33-21-7-6-16(27)9-20(21)29/h2-10,12,18H,1H3,(H2,31,32,33,34). The van der Waals surface area contributed by atoms with E-state index in [2.05, 4.69) is 26.7 Å². The van der Waals surface area contributed by atoms with E-state index in [9.17, 15) is 15.4 Å². The number of aryl methyl sites for hydroxylation is 1. The number of hydrogen-bond donors (Lipinski definition) is 2. The first kappa shape index (κ1) is 26.5. The zero-order chi connectivity index (χ0) is 26.7. The molecule has 0 bridgehead atoms. The minimum atomic E-state index is -0.633. The first-order valence-electron chi connectivity index (χ1n) is 10.6. The van der Waals surface area contributed by atoms with Gasteiger partial charge in [0.15, 0.2) is 0 Å². The molecule has 2 N–H and O–H groups in total. The highest BCUT2D eigenvalue weighted by Gasteiger charge is 2.25. The lowest BCUT2D eigenvalue weighted by Gasteiger charge is -2.17. The monoisotopic (exact) mass is 572 g/mol. The third-order valence-electron chi connectivity index (χ3n) is 5.43. The molecular weight excluding hydrogens is 558 g/mol. The molecule has 0 aliphatic heterocycles. The Morgan fingerprint density at radius 3 is 2.11 bits per heavy atom. The van der Waals surface area contributed by atoms with Crippen LogP contribution in [0, 0.1) is 28.4 Å². The lowest BCUT2D eigenvalue weighted by Crippen LogP contribution is -2.07. The fraction of sp³-hybridized carbons (Fsp3) is 0.0800. The molecule has 37 heavy (non-hydrogen) atoms. The van der Waals surface area contributed by atoms with Gasteiger partial charge in [-0.2, -0.15) is 5.26 Å². The van der Waals surface area contributed by atoms with Crippen molar-refractivity contribution in [2.45, 2.75) is 12.8 Å². The van der Waals surface area contributed by atoms with E-state index in [4.69, 9.17) is 46.4 Å². The molecule has 8 nitrogen and oxygen atoms in total. The summed E-state index contributed by atoms with van der Waals surface area (Å²) in [6.45, 7) is 1.79. The SMILES string of the molecule is Cc1cc(C(C#N)c2ccc(Cl)cc2)c(Cl)cc1Nc1ncnc(Nc2ccc(Cl)cc2Cl)c1[N+](=O)[O-]. The maximum absolute atomic E-state index is 12.0. The van der Waals surface area contributed by atoms with E-state index in [1.807, 2.05) is 0 Å². The predicted molar refractivity (Wildman–Crippen MR) is 147 cm³/mol. The normalized spacial score (nSPS) is 11.5. The fourth-order valence-corrected chi connectivity index (χ4v) is 4.47. The molecule has 0 fully saturated rings. The molecule has 12 heteroatoms. The van der Waals surface area contributed by atoms with Crippen LogP contribution in [0.3, 0.4) is 0 Å². The van der Waals surface area contributed by atoms with Gasteiger partial charge in [-0.1, -0.05) is 64.6 Å². The molecule has 4 aromatic rings. The molecule has 1 unspecified atom stereocenters. The topological polar surface area (TPSA) is 117 Å². The summed E-state index contributed by atoms with van der Waals surface area (Å²) < 4.78 is 0. The number of benzene rings is 3. The van der Waals surface area contributed by atoms with Gasteiger partial charge in [-0.25, -0.2) is 9.97 Å². The summed E-state index contributed by atoms with van der Waals surface area (Å²) in [5, 5.41) is 29.2. The Kier molecular flexibility index (Phi) is 8.00. The van der Waals surface area contributed by atoms with Crippen molar-refractivity contribution < 1.29 is 4.92 Å². The van der Waals surface area contributed by atoms with Crippen LogP contribution < -0.4 is 10.6 Å². The van der Waals surface area contributed by atoms with Crippen LogP contribution in [0.4, 0.5) is 28.7 Å². The second-order valence-electron chi connectivity index (χ2n) is 7.85. The van der Waals surface area contributed by atoms with Gasteiger partial charge in [-0.15, -0.1) is 0 Å². The summed E-state index contributed by atoms with van der Waals surface area (Å²) in [6, 6.07) is 17.2. The molecule has 1 atom stereocenters. The van der Waals surface area contributed by atoms with Gasteiger partial charge in [-0.3, -0.25) is 10.1 Å². The van der Waals surface area contributed by atoms with Gasteiger partial charge < -0.3 is 10.6 Å². The van der Waals surface area contributed by atoms with E-state index < -0.39 is 16.5 Å². The third-order valence-corrected chi connectivity index (χ3v) is 6.56. The van der Waals surface area contributed by atoms with Gasteiger partial charge >= 0.3 is 5.69 Å². The van der Waals surface area contributed by atoms with E-state index in [1.54, 1.807) is 55.5 Å². The molecule has 0 radical (unpaired) electrons. The van der Waals surface area contributed by atoms with Crippen molar-refractivity contribution in [2.24, 2.45) is 0 Å². The minimum absolute atomic E-state index is 0.0611. The number of nitriles is 1. The second-order valence-corrected chi connectivity index (χ2v) is 9.54. The van der Waals surface area contributed by atoms with E-state index in [1.165, 1.54) is 12.4 Å². The Balaban J connectivity index is 1.69. The van der Waals surface area contributed by atoms with Gasteiger partial charge in [0.05, 0.1) is 27.6 Å². The third kappa shape index (κ3) is 5.87. The van der Waals surface area contributed by atoms with Crippen molar-refractivity contribution in [3.8, 4) is 6.07 Å². The highest BCUT2D eigenvalue weighted by Crippen LogP contribution is 2.38. The van der Waals surface area contributed by atoms with E-state index in [0.29, 0.717) is 37.6 Å². The summed E-state index contributed by atoms with van der Waals surface area (Å²) in [5.41, 5.74) is 2.47. The van der Waals surface area contributed by atoms with Crippen LogP contribution in [0.2, 0.25) is 20.1 Å². The molecule has 0 spiro atoms. The molecule has 3 aromatic carbocycles. The molecule has 1 aromatic heterocycles. The van der Waals surface area contributed by atoms with Crippen molar-refractivity contribution in [1.29, 1.82) is 5.26 Å². The largest absolute Gasteiger partial charge is 0.353 e. The number of halogens is 4. The van der Waals surface area contributed by atoms with Gasteiger partial charge in [0.25, 0.3) is 0 Å². The quantitative estimate of drug-likeness (QED) is 0.168. The maximum atomic E-state index is 12.0. The van der Waals surface area contributed by atoms with Crippen molar-refractivity contribution in [3.63, 3.8) is 0 Å². The van der Waals surface area contributed by atoms with Crippen LogP contribution in [-0.4, -0.2) is 14.9 Å². The van der Waals surface area contributed by atoms with Crippen LogP contribution in [0.15, 0.2) is 60.9 Å². The predicted octanol–water partition coefficient (Wildman–Crippen LogP) is 8.45. The van der Waals surface area contributed by atoms with Crippen LogP contribution in [0.1, 0.15) is 22.6 Å². The molecule has 186 valence electrons. The molecule has 0 saturated carbocycles. The second kappa shape index (κ2) is 11.2. The number of anilines is 4. The Morgan fingerprint density at radius 1 is 0.892 bits per heavy atom. The Labute approximate surface area is 231 Å². The first-order chi connectivity index (χ1) is 17.7. The van der Waals surface area contributed by atoms with Crippen LogP contribution >= 0.6 is 46.4 Å². The van der Waals surface area contributed by atoms with E-state index in [-0.39, 0.29) is 16.7 Å². The van der Waals surface area contributed by atoms with Crippen molar-refractivity contribution in [3.05, 3.63) is 108 Å². The number of nitrogens with zero attached hydrogens (tertiary/aromatic N) is 4. The van der Waals surface area contributed by atoms with Crippen molar-refractivity contribution >= 4 is 75.1 Å². The fourth-order valence-electron chi connectivity index (χ4n) is 3.62. The molecule has 0 aliphatic carbocycles. The van der Waals surface area contributed by atoms with Crippen molar-refractivity contribution in [1.82, 2.24) is 9.97 Å². The Bertz CT molecular complexity index is 1540. The number of nitro groups is 1. The maximum Gasteiger partial charge on any atom is 0.353 e. The summed E-state index contributed by atoms with van der Waals surface area (Å²) >= 11 is 24.7. The zero-order valence-electron chi connectivity index (χ0n) is 19.0. The molecule has 1 heterocycles. The van der Waals surface area contributed by atoms with E-state index in [0.717, 1.165) is 5.56 Å². The summed E-state index contributed by atoms with van der Waals surface area (Å²) in [6.07, 6.45) is 1.18. The van der Waals surface area contributed by atoms with Crippen molar-refractivity contribution in [2.75, 3.05) is 10.6 Å². The highest BCUT2D eigenvalue weighted by atomic mass is 35.5. The number of rotatable bonds is 7. The lowest BCUT2D eigenvalue weighted by atomic mass is 9.91. The van der Waals surface area contributed by atoms with Gasteiger partial charge in [-0.05, 0) is 60.0 Å². The van der Waals surface area contributed by atoms with Gasteiger partial charge in [0.1, 0.15) is 6.33 Å². The smallest absolute Gasteiger partial charge is 0.334 e. The van der Waals surface area contributed by atoms with Crippen LogP contribution in [0.5, 0.6) is 0 Å². The molecule has 4 rings (SSSR count). The number of aromatic nitrogens is 2. The minimum Gasteiger partial charge on any atom is -0.334 e. The lowest BCUT2D eigenvalue weighted by molar-refractivity contribution is -0.383. The average Bonchev–Trinajstić information content (AvgIpc) is 2.85. The average molecular weight is 574 g/mol. The summed E-state index contributed by atoms with van der Waals surface area (Å²) in [4.78, 5) is 19.5. The molecule has 0 aliphatic rings. The Hall–Kier alpha value is -3.61. The first-order valence-corrected chi connectivity index (χ1v) is 12.1. The highest BCUT2D eigenvalue weighted by molar-refractivity contribution is 6.36. The zero-order valence-corrected chi connectivity index (χ0v) is 22.0. The van der Waals surface area contributed by atoms with E-state index >= 15 is 0 Å². The summed E-state index contributed by atoms with van der Waals surface area (Å²) in [5.74, 6) is -0.765. The summed E-state index contributed by atoms with van der Waals surface area (Å²) in [7, 11) is 0. The molecular formula is C25H16Cl4N6O2. The van der Waals surface area contributed by atoms with Crippen LogP contribution in [-0.2, 0) is 0 Å².